The van der Waals surface area contributed by atoms with Crippen LogP contribution in [0.4, 0.5) is 10.1 Å². The summed E-state index contributed by atoms with van der Waals surface area (Å²) in [7, 11) is -3.97. The summed E-state index contributed by atoms with van der Waals surface area (Å²) in [5.74, 6) is -0.0892. The fraction of sp³-hybridized carbons (Fsp3) is 0.538. The number of benzene rings is 1. The lowest BCUT2D eigenvalue weighted by Crippen LogP contribution is -2.29. The first kappa shape index (κ1) is 17.0. The molecule has 2 atom stereocenters. The first-order chi connectivity index (χ1) is 9.72. The number of anilines is 1. The summed E-state index contributed by atoms with van der Waals surface area (Å²) < 4.78 is 41.1. The Morgan fingerprint density at radius 1 is 1.52 bits per heavy atom. The second-order valence-electron chi connectivity index (χ2n) is 5.53. The molecule has 1 saturated carbocycles. The van der Waals surface area contributed by atoms with Gasteiger partial charge in [-0.1, -0.05) is 24.9 Å². The predicted molar refractivity (Wildman–Crippen MR) is 85.2 cm³/mol. The highest BCUT2D eigenvalue weighted by molar-refractivity contribution is 9.10. The number of nitrogens with one attached hydrogen (secondary N) is 1. The molecule has 0 radical (unpaired) electrons. The van der Waals surface area contributed by atoms with Gasteiger partial charge in [-0.15, -0.1) is 0 Å². The van der Waals surface area contributed by atoms with Crippen molar-refractivity contribution in [2.75, 3.05) is 12.3 Å². The quantitative estimate of drug-likeness (QED) is 0.601. The Labute approximate surface area is 137 Å². The molecule has 8 heteroatoms. The van der Waals surface area contributed by atoms with Crippen LogP contribution in [0.2, 0.25) is 5.02 Å². The summed E-state index contributed by atoms with van der Waals surface area (Å²) in [5, 5.41) is 0.0590. The highest BCUT2D eigenvalue weighted by Crippen LogP contribution is 2.35. The molecule has 1 aliphatic rings. The van der Waals surface area contributed by atoms with Crippen LogP contribution in [0.15, 0.2) is 15.4 Å². The van der Waals surface area contributed by atoms with Crippen LogP contribution >= 0.6 is 27.5 Å². The number of nitrogen functional groups attached to an aromatic ring is 1. The highest BCUT2D eigenvalue weighted by atomic mass is 79.9. The van der Waals surface area contributed by atoms with Crippen molar-refractivity contribution >= 4 is 43.2 Å². The third kappa shape index (κ3) is 3.70. The molecule has 1 aromatic rings. The molecule has 2 rings (SSSR count). The second-order valence-corrected chi connectivity index (χ2v) is 8.47. The van der Waals surface area contributed by atoms with E-state index in [0.717, 1.165) is 25.3 Å². The molecule has 4 nitrogen and oxygen atoms in total. The van der Waals surface area contributed by atoms with Crippen molar-refractivity contribution in [3.8, 4) is 0 Å². The standard InChI is InChI=1S/C13H17BrClFN2O2S/c1-7-2-3-8(4-7)6-18-21(19,20)10-5-9(15)11(14)13(17)12(10)16/h5,7-8,18H,2-4,6,17H2,1H3. The molecule has 0 saturated heterocycles. The van der Waals surface area contributed by atoms with Gasteiger partial charge in [0.25, 0.3) is 0 Å². The van der Waals surface area contributed by atoms with Gasteiger partial charge in [0.15, 0.2) is 5.82 Å². The van der Waals surface area contributed by atoms with Crippen LogP contribution in [0.3, 0.4) is 0 Å². The van der Waals surface area contributed by atoms with E-state index in [9.17, 15) is 12.8 Å². The highest BCUT2D eigenvalue weighted by Gasteiger charge is 2.27. The van der Waals surface area contributed by atoms with Gasteiger partial charge in [0.2, 0.25) is 10.0 Å². The molecule has 0 amide bonds. The topological polar surface area (TPSA) is 72.2 Å². The lowest BCUT2D eigenvalue weighted by atomic mass is 10.1. The third-order valence-electron chi connectivity index (χ3n) is 3.81. The van der Waals surface area contributed by atoms with Crippen molar-refractivity contribution in [2.24, 2.45) is 11.8 Å². The van der Waals surface area contributed by atoms with Crippen molar-refractivity contribution in [3.05, 3.63) is 21.4 Å². The van der Waals surface area contributed by atoms with E-state index in [1.165, 1.54) is 0 Å². The van der Waals surface area contributed by atoms with Gasteiger partial charge in [-0.05, 0) is 46.7 Å². The molecule has 2 unspecified atom stereocenters. The lowest BCUT2D eigenvalue weighted by molar-refractivity contribution is 0.495. The average Bonchev–Trinajstić information content (AvgIpc) is 2.84. The fourth-order valence-electron chi connectivity index (χ4n) is 2.61. The van der Waals surface area contributed by atoms with Crippen LogP contribution in [-0.2, 0) is 10.0 Å². The van der Waals surface area contributed by atoms with E-state index >= 15 is 0 Å². The van der Waals surface area contributed by atoms with Crippen molar-refractivity contribution in [2.45, 2.75) is 31.1 Å². The molecule has 0 heterocycles. The smallest absolute Gasteiger partial charge is 0.243 e. The largest absolute Gasteiger partial charge is 0.395 e. The Morgan fingerprint density at radius 3 is 2.76 bits per heavy atom. The average molecular weight is 400 g/mol. The normalized spacial score (nSPS) is 22.7. The molecule has 118 valence electrons. The predicted octanol–water partition coefficient (Wildman–Crippen LogP) is 3.54. The summed E-state index contributed by atoms with van der Waals surface area (Å²) in [5.41, 5.74) is 5.21. The van der Waals surface area contributed by atoms with E-state index in [1.807, 2.05) is 0 Å². The van der Waals surface area contributed by atoms with Gasteiger partial charge in [-0.3, -0.25) is 0 Å². The van der Waals surface area contributed by atoms with Gasteiger partial charge in [0.1, 0.15) is 4.90 Å². The Morgan fingerprint density at radius 2 is 2.19 bits per heavy atom. The van der Waals surface area contributed by atoms with Gasteiger partial charge in [-0.2, -0.15) is 0 Å². The number of halogens is 3. The van der Waals surface area contributed by atoms with Crippen LogP contribution in [-0.4, -0.2) is 15.0 Å². The minimum Gasteiger partial charge on any atom is -0.395 e. The molecule has 0 spiro atoms. The molecule has 0 aliphatic heterocycles. The molecule has 1 aromatic carbocycles. The van der Waals surface area contributed by atoms with E-state index in [-0.39, 0.29) is 15.2 Å². The molecule has 21 heavy (non-hydrogen) atoms. The summed E-state index contributed by atoms with van der Waals surface area (Å²) in [4.78, 5) is -0.515. The molecule has 3 N–H and O–H groups in total. The van der Waals surface area contributed by atoms with Crippen LogP contribution in [0, 0.1) is 17.7 Å². The van der Waals surface area contributed by atoms with Gasteiger partial charge in [-0.25, -0.2) is 17.5 Å². The molecule has 1 fully saturated rings. The molecule has 0 aromatic heterocycles. The fourth-order valence-corrected chi connectivity index (χ4v) is 4.40. The summed E-state index contributed by atoms with van der Waals surface area (Å²) in [6.45, 7) is 2.45. The van der Waals surface area contributed by atoms with Crippen molar-refractivity contribution in [1.29, 1.82) is 0 Å². The maximum Gasteiger partial charge on any atom is 0.243 e. The van der Waals surface area contributed by atoms with Crippen molar-refractivity contribution in [3.63, 3.8) is 0 Å². The van der Waals surface area contributed by atoms with Crippen LogP contribution < -0.4 is 10.5 Å². The molecule has 0 bridgehead atoms. The molecule has 1 aliphatic carbocycles. The van der Waals surface area contributed by atoms with E-state index < -0.39 is 20.7 Å². The van der Waals surface area contributed by atoms with Crippen LogP contribution in [0.1, 0.15) is 26.2 Å². The van der Waals surface area contributed by atoms with Gasteiger partial charge in [0, 0.05) is 6.54 Å². The summed E-state index contributed by atoms with van der Waals surface area (Å²) >= 11 is 8.88. The zero-order chi connectivity index (χ0) is 15.8. The maximum atomic E-state index is 14.1. The van der Waals surface area contributed by atoms with Crippen molar-refractivity contribution in [1.82, 2.24) is 4.72 Å². The Hall–Kier alpha value is -0.370. The zero-order valence-corrected chi connectivity index (χ0v) is 14.7. The number of nitrogens with two attached hydrogens (primary N) is 1. The van der Waals surface area contributed by atoms with Crippen molar-refractivity contribution < 1.29 is 12.8 Å². The Kier molecular flexibility index (Phi) is 5.18. The van der Waals surface area contributed by atoms with Gasteiger partial charge in [0.05, 0.1) is 15.2 Å². The second kappa shape index (κ2) is 6.40. The number of rotatable bonds is 4. The summed E-state index contributed by atoms with van der Waals surface area (Å²) in [6, 6.07) is 1.07. The minimum absolute atomic E-state index is 0.0590. The summed E-state index contributed by atoms with van der Waals surface area (Å²) in [6.07, 6.45) is 3.06. The third-order valence-corrected chi connectivity index (χ3v) is 6.62. The van der Waals surface area contributed by atoms with E-state index in [4.69, 9.17) is 17.3 Å². The van der Waals surface area contributed by atoms with E-state index in [2.05, 4.69) is 27.6 Å². The maximum absolute atomic E-state index is 14.1. The SMILES string of the molecule is CC1CCC(CNS(=O)(=O)c2cc(Cl)c(Br)c(N)c2F)C1. The molecular formula is C13H17BrClFN2O2S. The number of hydrogen-bond acceptors (Lipinski definition) is 3. The lowest BCUT2D eigenvalue weighted by Gasteiger charge is -2.14. The zero-order valence-electron chi connectivity index (χ0n) is 11.5. The first-order valence-electron chi connectivity index (χ1n) is 6.65. The Balaban J connectivity index is 2.20. The van der Waals surface area contributed by atoms with E-state index in [1.54, 1.807) is 0 Å². The number of hydrogen-bond donors (Lipinski definition) is 2. The van der Waals surface area contributed by atoms with Crippen LogP contribution in [0.25, 0.3) is 0 Å². The van der Waals surface area contributed by atoms with Crippen LogP contribution in [0.5, 0.6) is 0 Å². The van der Waals surface area contributed by atoms with E-state index in [0.29, 0.717) is 18.4 Å². The van der Waals surface area contributed by atoms with Gasteiger partial charge < -0.3 is 5.73 Å². The Bertz CT molecular complexity index is 654. The van der Waals surface area contributed by atoms with Gasteiger partial charge >= 0.3 is 0 Å². The minimum atomic E-state index is -3.97. The monoisotopic (exact) mass is 398 g/mol. The number of sulfonamides is 1. The first-order valence-corrected chi connectivity index (χ1v) is 9.30. The molecular weight excluding hydrogens is 383 g/mol.